The van der Waals surface area contributed by atoms with E-state index in [2.05, 4.69) is 17.0 Å². The van der Waals surface area contributed by atoms with Crippen molar-refractivity contribution >= 4 is 10.0 Å². The van der Waals surface area contributed by atoms with Gasteiger partial charge in [0, 0.05) is 18.6 Å². The number of nitrogens with one attached hydrogen (secondary N) is 2. The normalized spacial score (nSPS) is 15.1. The van der Waals surface area contributed by atoms with E-state index in [9.17, 15) is 8.42 Å². The van der Waals surface area contributed by atoms with Gasteiger partial charge < -0.3 is 10.2 Å². The van der Waals surface area contributed by atoms with Crippen LogP contribution in [0, 0.1) is 0 Å². The Kier molecular flexibility index (Phi) is 7.36. The van der Waals surface area contributed by atoms with Gasteiger partial charge in [-0.1, -0.05) is 6.92 Å². The van der Waals surface area contributed by atoms with Crippen LogP contribution in [0.3, 0.4) is 0 Å². The zero-order chi connectivity index (χ0) is 14.4. The summed E-state index contributed by atoms with van der Waals surface area (Å²) in [7, 11) is 0.643. The van der Waals surface area contributed by atoms with E-state index in [-0.39, 0.29) is 5.54 Å². The molecule has 5 nitrogen and oxygen atoms in total. The van der Waals surface area contributed by atoms with Crippen LogP contribution >= 0.6 is 0 Å². The standard InChI is InChI=1S/C12H29N3O2S/c1-7-8-13-9-11(2)18(16,17)14-10-12(3,4)15(5)6/h11,13-14H,7-10H2,1-6H3. The fraction of sp³-hybridized carbons (Fsp3) is 1.00. The smallest absolute Gasteiger partial charge is 0.215 e. The van der Waals surface area contributed by atoms with E-state index in [4.69, 9.17) is 0 Å². The maximum Gasteiger partial charge on any atom is 0.215 e. The highest BCUT2D eigenvalue weighted by Gasteiger charge is 2.26. The highest BCUT2D eigenvalue weighted by Crippen LogP contribution is 2.09. The summed E-state index contributed by atoms with van der Waals surface area (Å²) in [5.41, 5.74) is -0.191. The molecule has 0 radical (unpaired) electrons. The van der Waals surface area contributed by atoms with E-state index < -0.39 is 15.3 Å². The maximum atomic E-state index is 12.0. The predicted octanol–water partition coefficient (Wildman–Crippen LogP) is 0.634. The summed E-state index contributed by atoms with van der Waals surface area (Å²) in [5, 5.41) is 2.72. The van der Waals surface area contributed by atoms with Crippen LogP contribution in [0.15, 0.2) is 0 Å². The van der Waals surface area contributed by atoms with Crippen LogP contribution in [-0.4, -0.2) is 57.8 Å². The molecule has 0 aromatic rings. The highest BCUT2D eigenvalue weighted by atomic mass is 32.2. The van der Waals surface area contributed by atoms with Gasteiger partial charge in [-0.05, 0) is 47.8 Å². The Labute approximate surface area is 112 Å². The summed E-state index contributed by atoms with van der Waals surface area (Å²) < 4.78 is 26.7. The number of nitrogens with zero attached hydrogens (tertiary/aromatic N) is 1. The van der Waals surface area contributed by atoms with E-state index in [0.29, 0.717) is 13.1 Å². The van der Waals surface area contributed by atoms with Crippen LogP contribution in [0.1, 0.15) is 34.1 Å². The second kappa shape index (κ2) is 7.43. The Balaban J connectivity index is 4.31. The van der Waals surface area contributed by atoms with Crippen LogP contribution in [-0.2, 0) is 10.0 Å². The number of rotatable bonds is 9. The Morgan fingerprint density at radius 1 is 1.28 bits per heavy atom. The third-order valence-corrected chi connectivity index (χ3v) is 5.08. The molecule has 6 heteroatoms. The first-order valence-electron chi connectivity index (χ1n) is 6.50. The van der Waals surface area contributed by atoms with Crippen LogP contribution in [0.2, 0.25) is 0 Å². The second-order valence-corrected chi connectivity index (χ2v) is 7.77. The van der Waals surface area contributed by atoms with Crippen LogP contribution in [0.25, 0.3) is 0 Å². The minimum absolute atomic E-state index is 0.191. The molecule has 0 aromatic heterocycles. The lowest BCUT2D eigenvalue weighted by Gasteiger charge is -2.33. The molecular formula is C12H29N3O2S. The topological polar surface area (TPSA) is 61.4 Å². The Hall–Kier alpha value is -0.170. The molecule has 0 rings (SSSR count). The van der Waals surface area contributed by atoms with Crippen LogP contribution in [0.4, 0.5) is 0 Å². The molecule has 0 amide bonds. The number of hydrogen-bond acceptors (Lipinski definition) is 4. The van der Waals surface area contributed by atoms with Gasteiger partial charge in [-0.3, -0.25) is 0 Å². The van der Waals surface area contributed by atoms with Crippen molar-refractivity contribution in [1.29, 1.82) is 0 Å². The third-order valence-electron chi connectivity index (χ3n) is 3.30. The van der Waals surface area contributed by atoms with Crippen molar-refractivity contribution in [2.24, 2.45) is 0 Å². The van der Waals surface area contributed by atoms with Crippen molar-refractivity contribution in [3.05, 3.63) is 0 Å². The lowest BCUT2D eigenvalue weighted by atomic mass is 10.1. The molecule has 0 saturated heterocycles. The molecule has 0 spiro atoms. The van der Waals surface area contributed by atoms with E-state index in [1.807, 2.05) is 32.8 Å². The van der Waals surface area contributed by atoms with Gasteiger partial charge >= 0.3 is 0 Å². The summed E-state index contributed by atoms with van der Waals surface area (Å²) >= 11 is 0. The van der Waals surface area contributed by atoms with Crippen molar-refractivity contribution < 1.29 is 8.42 Å². The number of hydrogen-bond donors (Lipinski definition) is 2. The van der Waals surface area contributed by atoms with E-state index in [1.165, 1.54) is 0 Å². The summed E-state index contributed by atoms with van der Waals surface area (Å²) in [5.74, 6) is 0. The molecule has 0 heterocycles. The molecule has 0 aliphatic heterocycles. The minimum Gasteiger partial charge on any atom is -0.315 e. The molecule has 1 atom stereocenters. The molecule has 0 aliphatic rings. The number of likely N-dealkylation sites (N-methyl/N-ethyl adjacent to an activating group) is 1. The lowest BCUT2D eigenvalue weighted by molar-refractivity contribution is 0.198. The predicted molar refractivity (Wildman–Crippen MR) is 77.3 cm³/mol. The first-order valence-corrected chi connectivity index (χ1v) is 8.04. The molecule has 0 fully saturated rings. The van der Waals surface area contributed by atoms with Crippen LogP contribution in [0.5, 0.6) is 0 Å². The van der Waals surface area contributed by atoms with E-state index in [0.717, 1.165) is 13.0 Å². The average molecular weight is 279 g/mol. The largest absolute Gasteiger partial charge is 0.315 e. The summed E-state index contributed by atoms with van der Waals surface area (Å²) in [6, 6.07) is 0. The van der Waals surface area contributed by atoms with E-state index in [1.54, 1.807) is 6.92 Å². The highest BCUT2D eigenvalue weighted by molar-refractivity contribution is 7.90. The quantitative estimate of drug-likeness (QED) is 0.608. The number of sulfonamides is 1. The molecule has 0 bridgehead atoms. The van der Waals surface area contributed by atoms with Crippen LogP contribution < -0.4 is 10.0 Å². The monoisotopic (exact) mass is 279 g/mol. The Bertz CT molecular complexity index is 326. The zero-order valence-corrected chi connectivity index (χ0v) is 13.4. The van der Waals surface area contributed by atoms with Crippen molar-refractivity contribution in [1.82, 2.24) is 14.9 Å². The SMILES string of the molecule is CCCNCC(C)S(=O)(=O)NCC(C)(C)N(C)C. The molecule has 18 heavy (non-hydrogen) atoms. The van der Waals surface area contributed by atoms with Gasteiger partial charge in [0.05, 0.1) is 5.25 Å². The zero-order valence-electron chi connectivity index (χ0n) is 12.6. The summed E-state index contributed by atoms with van der Waals surface area (Å²) in [4.78, 5) is 2.01. The summed E-state index contributed by atoms with van der Waals surface area (Å²) in [6.07, 6.45) is 1.01. The molecule has 0 aliphatic carbocycles. The molecule has 110 valence electrons. The third kappa shape index (κ3) is 6.13. The van der Waals surface area contributed by atoms with Gasteiger partial charge in [-0.25, -0.2) is 13.1 Å². The second-order valence-electron chi connectivity index (χ2n) is 5.59. The van der Waals surface area contributed by atoms with Crippen molar-refractivity contribution in [3.63, 3.8) is 0 Å². The first kappa shape index (κ1) is 17.8. The minimum atomic E-state index is -3.25. The fourth-order valence-electron chi connectivity index (χ4n) is 1.17. The Morgan fingerprint density at radius 3 is 2.28 bits per heavy atom. The maximum absolute atomic E-state index is 12.0. The van der Waals surface area contributed by atoms with Crippen molar-refractivity contribution in [2.75, 3.05) is 33.7 Å². The average Bonchev–Trinajstić information content (AvgIpc) is 2.26. The van der Waals surface area contributed by atoms with E-state index >= 15 is 0 Å². The first-order chi connectivity index (χ1) is 8.13. The van der Waals surface area contributed by atoms with Gasteiger partial charge in [-0.2, -0.15) is 0 Å². The molecule has 0 aromatic carbocycles. The van der Waals surface area contributed by atoms with Crippen molar-refractivity contribution in [3.8, 4) is 0 Å². The van der Waals surface area contributed by atoms with Crippen molar-refractivity contribution in [2.45, 2.75) is 44.9 Å². The fourth-order valence-corrected chi connectivity index (χ4v) is 2.35. The van der Waals surface area contributed by atoms with Gasteiger partial charge in [0.25, 0.3) is 0 Å². The Morgan fingerprint density at radius 2 is 1.83 bits per heavy atom. The van der Waals surface area contributed by atoms with Gasteiger partial charge in [0.15, 0.2) is 0 Å². The molecule has 2 N–H and O–H groups in total. The van der Waals surface area contributed by atoms with Gasteiger partial charge in [-0.15, -0.1) is 0 Å². The lowest BCUT2D eigenvalue weighted by Crippen LogP contribution is -2.50. The van der Waals surface area contributed by atoms with Gasteiger partial charge in [0.2, 0.25) is 10.0 Å². The van der Waals surface area contributed by atoms with Gasteiger partial charge in [0.1, 0.15) is 0 Å². The molecule has 0 saturated carbocycles. The molecule has 1 unspecified atom stereocenters. The summed E-state index contributed by atoms with van der Waals surface area (Å²) in [6.45, 7) is 9.57. The molecular weight excluding hydrogens is 250 g/mol.